The summed E-state index contributed by atoms with van der Waals surface area (Å²) in [5.74, 6) is -0.0461. The van der Waals surface area contributed by atoms with Crippen molar-refractivity contribution in [3.05, 3.63) is 45.8 Å². The van der Waals surface area contributed by atoms with Gasteiger partial charge in [0.2, 0.25) is 11.7 Å². The molecule has 0 spiro atoms. The van der Waals surface area contributed by atoms with Crippen molar-refractivity contribution in [1.29, 1.82) is 0 Å². The largest absolute Gasteiger partial charge is 0.394 e. The summed E-state index contributed by atoms with van der Waals surface area (Å²) in [6.07, 6.45) is -6.83. The van der Waals surface area contributed by atoms with E-state index in [0.29, 0.717) is 0 Å². The van der Waals surface area contributed by atoms with Gasteiger partial charge < -0.3 is 39.9 Å². The van der Waals surface area contributed by atoms with E-state index in [1.165, 1.54) is 21.5 Å². The van der Waals surface area contributed by atoms with Crippen molar-refractivity contribution in [3.8, 4) is 0 Å². The number of aromatic amines is 2. The maximum atomic E-state index is 15.4. The van der Waals surface area contributed by atoms with Gasteiger partial charge in [-0.15, -0.1) is 0 Å². The number of aliphatic hydroxyl groups is 3. The van der Waals surface area contributed by atoms with Crippen LogP contribution in [0.3, 0.4) is 0 Å². The number of alkyl halides is 1. The Balaban J connectivity index is 1.10. The first-order chi connectivity index (χ1) is 21.5. The first-order valence-electron chi connectivity index (χ1n) is 13.2. The number of H-pyrrole nitrogens is 2. The molecule has 7 rings (SSSR count). The number of anilines is 1. The van der Waals surface area contributed by atoms with Gasteiger partial charge in [0.05, 0.1) is 25.9 Å². The molecule has 20 nitrogen and oxygen atoms in total. The van der Waals surface area contributed by atoms with Crippen LogP contribution in [0.5, 0.6) is 0 Å². The Morgan fingerprint density at radius 2 is 1.76 bits per heavy atom. The van der Waals surface area contributed by atoms with Crippen molar-refractivity contribution < 1.29 is 43.1 Å². The first kappa shape index (κ1) is 30.0. The van der Waals surface area contributed by atoms with Gasteiger partial charge in [0.25, 0.3) is 11.1 Å². The van der Waals surface area contributed by atoms with E-state index in [1.54, 1.807) is 6.20 Å². The Morgan fingerprint density at radius 1 is 1.04 bits per heavy atom. The first-order valence-corrected chi connectivity index (χ1v) is 15.8. The minimum atomic E-state index is -4.35. The van der Waals surface area contributed by atoms with E-state index in [0.717, 1.165) is 10.9 Å². The lowest BCUT2D eigenvalue weighted by Crippen LogP contribution is -2.34. The van der Waals surface area contributed by atoms with Gasteiger partial charge in [0, 0.05) is 12.4 Å². The van der Waals surface area contributed by atoms with Crippen LogP contribution in [0.25, 0.3) is 28.1 Å². The van der Waals surface area contributed by atoms with E-state index in [1.807, 2.05) is 0 Å². The Morgan fingerprint density at radius 3 is 2.53 bits per heavy atom. The third-order valence-electron chi connectivity index (χ3n) is 7.51. The number of aromatic nitrogens is 9. The molecule has 2 saturated heterocycles. The van der Waals surface area contributed by atoms with E-state index in [9.17, 15) is 29.8 Å². The van der Waals surface area contributed by atoms with Gasteiger partial charge >= 0.3 is 6.72 Å². The minimum Gasteiger partial charge on any atom is -0.394 e. The topological polar surface area (TPSA) is 275 Å². The summed E-state index contributed by atoms with van der Waals surface area (Å²) < 4.78 is 41.7. The Kier molecular flexibility index (Phi) is 7.31. The molecular formula is C22H24FN10O10PS. The fourth-order valence-electron chi connectivity index (χ4n) is 5.42. The number of nitrogens with zero attached hydrogens (tertiary/aromatic N) is 7. The quantitative estimate of drug-likeness (QED) is 0.0844. The second-order valence-electron chi connectivity index (χ2n) is 10.2. The molecular weight excluding hydrogens is 646 g/mol. The van der Waals surface area contributed by atoms with E-state index in [-0.39, 0.29) is 34.1 Å². The Bertz CT molecular complexity index is 2080. The molecule has 0 radical (unpaired) electrons. The number of nitrogens with one attached hydrogen (secondary N) is 2. The molecule has 0 aromatic carbocycles. The Hall–Kier alpha value is -3.70. The third-order valence-corrected chi connectivity index (χ3v) is 9.07. The second-order valence-corrected chi connectivity index (χ2v) is 13.0. The van der Waals surface area contributed by atoms with Crippen LogP contribution in [0.15, 0.2) is 34.6 Å². The molecule has 0 bridgehead atoms. The molecule has 0 aliphatic carbocycles. The maximum absolute atomic E-state index is 15.4. The fraction of sp³-hybridized carbons (Fsp3) is 0.455. The summed E-state index contributed by atoms with van der Waals surface area (Å²) in [5, 5.41) is 31.2. The molecule has 23 heteroatoms. The molecule has 8 N–H and O–H groups in total. The lowest BCUT2D eigenvalue weighted by molar-refractivity contribution is -0.0571. The highest BCUT2D eigenvalue weighted by atomic mass is 32.5. The van der Waals surface area contributed by atoms with Gasteiger partial charge in [-0.05, 0) is 11.8 Å². The molecule has 1 unspecified atom stereocenters. The van der Waals surface area contributed by atoms with Crippen molar-refractivity contribution in [1.82, 2.24) is 43.4 Å². The number of fused-ring (bicyclic) bond motifs is 4. The predicted molar refractivity (Wildman–Crippen MR) is 151 cm³/mol. The van der Waals surface area contributed by atoms with Crippen molar-refractivity contribution in [2.45, 2.75) is 49.1 Å². The number of rotatable bonds is 8. The number of nitrogen functional groups attached to an aromatic ring is 1. The van der Waals surface area contributed by atoms with E-state index in [2.05, 4.69) is 29.9 Å². The molecule has 9 atom stereocenters. The van der Waals surface area contributed by atoms with Gasteiger partial charge in [-0.2, -0.15) is 4.98 Å². The molecule has 45 heavy (non-hydrogen) atoms. The number of hydrogen-bond donors (Lipinski definition) is 7. The normalized spacial score (nSPS) is 30.2. The predicted octanol–water partition coefficient (Wildman–Crippen LogP) is -2.45. The molecule has 7 heterocycles. The van der Waals surface area contributed by atoms with E-state index < -0.39 is 80.2 Å². The van der Waals surface area contributed by atoms with Gasteiger partial charge in [-0.1, -0.05) is 0 Å². The number of halogens is 1. The molecule has 2 aliphatic rings. The average Bonchev–Trinajstić information content (AvgIpc) is 3.81. The fourth-order valence-corrected chi connectivity index (χ4v) is 6.83. The zero-order valence-electron chi connectivity index (χ0n) is 22.5. The smallest absolute Gasteiger partial charge is 0.325 e. The van der Waals surface area contributed by atoms with E-state index in [4.69, 9.17) is 36.1 Å². The van der Waals surface area contributed by atoms with Crippen LogP contribution in [-0.2, 0) is 30.3 Å². The van der Waals surface area contributed by atoms with Gasteiger partial charge in [0.1, 0.15) is 30.5 Å². The number of aliphatic hydroxyl groups excluding tert-OH is 3. The van der Waals surface area contributed by atoms with Crippen LogP contribution >= 0.6 is 6.72 Å². The van der Waals surface area contributed by atoms with Crippen molar-refractivity contribution in [2.24, 2.45) is 0 Å². The van der Waals surface area contributed by atoms with Crippen LogP contribution in [0, 0.1) is 0 Å². The van der Waals surface area contributed by atoms with Gasteiger partial charge in [-0.3, -0.25) is 37.6 Å². The highest BCUT2D eigenvalue weighted by molar-refractivity contribution is 8.07. The molecule has 2 fully saturated rings. The van der Waals surface area contributed by atoms with Crippen molar-refractivity contribution in [3.63, 3.8) is 0 Å². The zero-order valence-corrected chi connectivity index (χ0v) is 24.2. The highest BCUT2D eigenvalue weighted by Crippen LogP contribution is 2.51. The molecule has 2 aliphatic heterocycles. The average molecular weight is 671 g/mol. The molecule has 5 aromatic rings. The summed E-state index contributed by atoms with van der Waals surface area (Å²) in [5.41, 5.74) is 4.46. The number of ether oxygens (including phenoxy) is 2. The van der Waals surface area contributed by atoms with Gasteiger partial charge in [0.15, 0.2) is 41.0 Å². The molecule has 0 amide bonds. The monoisotopic (exact) mass is 670 g/mol. The van der Waals surface area contributed by atoms with Crippen LogP contribution in [0.2, 0.25) is 0 Å². The van der Waals surface area contributed by atoms with Crippen LogP contribution in [0.4, 0.5) is 10.3 Å². The SMILES string of the molecule is Nc1nc2c(ncn2[C@@H]2O[C@H](CO)[C@@H](F)[C@H]2OP(O)(=S)OC[C@H]2O[C@@H](n3cnc4c(=O)[nH]c5nccn5c43)[C@H](O)[C@@H]2O)c(=O)[nH]1. The Labute approximate surface area is 253 Å². The van der Waals surface area contributed by atoms with Crippen molar-refractivity contribution >= 4 is 52.6 Å². The summed E-state index contributed by atoms with van der Waals surface area (Å²) in [6.45, 7) is -5.73. The van der Waals surface area contributed by atoms with E-state index >= 15 is 4.39 Å². The van der Waals surface area contributed by atoms with Crippen molar-refractivity contribution in [2.75, 3.05) is 18.9 Å². The zero-order chi connectivity index (χ0) is 31.8. The third kappa shape index (κ3) is 4.95. The van der Waals surface area contributed by atoms with Crippen LogP contribution < -0.4 is 16.9 Å². The number of imidazole rings is 3. The minimum absolute atomic E-state index is 0.0215. The number of hydrogen-bond acceptors (Lipinski definition) is 15. The highest BCUT2D eigenvalue weighted by Gasteiger charge is 2.50. The van der Waals surface area contributed by atoms with Gasteiger partial charge in [-0.25, -0.2) is 19.3 Å². The second kappa shape index (κ2) is 11.0. The van der Waals surface area contributed by atoms with Crippen LogP contribution in [0.1, 0.15) is 12.5 Å². The summed E-state index contributed by atoms with van der Waals surface area (Å²) >= 11 is 5.12. The lowest BCUT2D eigenvalue weighted by atomic mass is 10.1. The molecule has 0 saturated carbocycles. The molecule has 240 valence electrons. The summed E-state index contributed by atoms with van der Waals surface area (Å²) in [6, 6.07) is 0. The summed E-state index contributed by atoms with van der Waals surface area (Å²) in [7, 11) is 0. The lowest BCUT2D eigenvalue weighted by Gasteiger charge is -2.26. The van der Waals surface area contributed by atoms with Crippen LogP contribution in [-0.4, -0.2) is 114 Å². The molecule has 5 aromatic heterocycles. The number of nitrogens with two attached hydrogens (primary N) is 1. The maximum Gasteiger partial charge on any atom is 0.325 e. The summed E-state index contributed by atoms with van der Waals surface area (Å²) in [4.78, 5) is 56.5. The standard InChI is InChI=1S/C22H24FN10O10PS/c23-9-7(3-34)41-20(32-5-26-10-15(32)28-21(24)29-16(10)37)14(9)43-44(39,45)40-4-8-12(35)13(36)19(42-8)33-6-27-11-17(38)30-22-25-1-2-31(22)18(11)33/h1-2,5-9,12-14,19-20,34-36H,3-4H2,(H,39,45)(H,25,30,38)(H3,24,28,29,37)/t7-,8-,9-,12-,13-,14-,19-,20-,44?/m1/s1.